The number of halogens is 2. The Morgan fingerprint density at radius 3 is 2.57 bits per heavy atom. The van der Waals surface area contributed by atoms with Crippen molar-refractivity contribution in [3.63, 3.8) is 0 Å². The van der Waals surface area contributed by atoms with Gasteiger partial charge in [0.25, 0.3) is 5.91 Å². The molecule has 2 bridgehead atoms. The average Bonchev–Trinajstić information content (AvgIpc) is 2.99. The summed E-state index contributed by atoms with van der Waals surface area (Å²) < 4.78 is 32.5. The van der Waals surface area contributed by atoms with Crippen molar-refractivity contribution in [2.24, 2.45) is 5.92 Å². The number of ether oxygens (including phenoxy) is 1. The molecule has 3 aliphatic heterocycles. The van der Waals surface area contributed by atoms with Crippen LogP contribution in [0.1, 0.15) is 28.8 Å². The molecule has 0 unspecified atom stereocenters. The van der Waals surface area contributed by atoms with Crippen LogP contribution >= 0.6 is 0 Å². The van der Waals surface area contributed by atoms with E-state index in [9.17, 15) is 13.6 Å². The summed E-state index contributed by atoms with van der Waals surface area (Å²) in [7, 11) is 1.65. The van der Waals surface area contributed by atoms with Gasteiger partial charge in [-0.05, 0) is 48.6 Å². The molecule has 0 radical (unpaired) electrons. The van der Waals surface area contributed by atoms with Crippen molar-refractivity contribution in [1.82, 2.24) is 9.80 Å². The molecule has 0 N–H and O–H groups in total. The predicted molar refractivity (Wildman–Crippen MR) is 102 cm³/mol. The van der Waals surface area contributed by atoms with E-state index < -0.39 is 11.6 Å². The Labute approximate surface area is 163 Å². The van der Waals surface area contributed by atoms with Crippen molar-refractivity contribution in [1.29, 1.82) is 0 Å². The van der Waals surface area contributed by atoms with Crippen LogP contribution in [-0.2, 0) is 6.54 Å². The second-order valence-corrected chi connectivity index (χ2v) is 7.72. The van der Waals surface area contributed by atoms with Crippen molar-refractivity contribution in [3.8, 4) is 5.75 Å². The van der Waals surface area contributed by atoms with E-state index in [0.717, 1.165) is 50.4 Å². The molecule has 3 aliphatic rings. The third kappa shape index (κ3) is 3.87. The molecule has 148 valence electrons. The SMILES string of the molecule is COc1ccc(CN2C[C@@H]3CC[C@H](C2)N(C(=O)c2ccc(F)cc2F)C3)cc1. The molecule has 3 fully saturated rings. The molecule has 0 spiro atoms. The first-order chi connectivity index (χ1) is 13.5. The number of hydrogen-bond donors (Lipinski definition) is 0. The van der Waals surface area contributed by atoms with Gasteiger partial charge in [-0.1, -0.05) is 12.1 Å². The average molecular weight is 386 g/mol. The molecule has 4 nitrogen and oxygen atoms in total. The first-order valence-corrected chi connectivity index (χ1v) is 9.65. The number of carbonyl (C=O) groups excluding carboxylic acids is 1. The van der Waals surface area contributed by atoms with E-state index in [-0.39, 0.29) is 17.5 Å². The minimum Gasteiger partial charge on any atom is -0.497 e. The summed E-state index contributed by atoms with van der Waals surface area (Å²) in [6, 6.07) is 11.2. The zero-order valence-corrected chi connectivity index (χ0v) is 15.9. The third-order valence-corrected chi connectivity index (χ3v) is 5.78. The van der Waals surface area contributed by atoms with Crippen LogP contribution in [0, 0.1) is 17.6 Å². The molecular weight excluding hydrogens is 362 g/mol. The number of carbonyl (C=O) groups is 1. The largest absolute Gasteiger partial charge is 0.497 e. The van der Waals surface area contributed by atoms with Crippen LogP contribution in [0.4, 0.5) is 8.78 Å². The lowest BCUT2D eigenvalue weighted by Crippen LogP contribution is -2.47. The van der Waals surface area contributed by atoms with Gasteiger partial charge < -0.3 is 9.64 Å². The Bertz CT molecular complexity index is 856. The van der Waals surface area contributed by atoms with Gasteiger partial charge >= 0.3 is 0 Å². The summed E-state index contributed by atoms with van der Waals surface area (Å²) >= 11 is 0. The number of hydrogen-bond acceptors (Lipinski definition) is 3. The highest BCUT2D eigenvalue weighted by molar-refractivity contribution is 5.94. The minimum atomic E-state index is -0.791. The summed E-state index contributed by atoms with van der Waals surface area (Å²) in [6.07, 6.45) is 1.98. The van der Waals surface area contributed by atoms with Crippen LogP contribution in [-0.4, -0.2) is 48.5 Å². The number of amides is 1. The maximum absolute atomic E-state index is 14.1. The molecular formula is C22H24F2N2O2. The minimum absolute atomic E-state index is 0.0457. The zero-order chi connectivity index (χ0) is 19.7. The zero-order valence-electron chi connectivity index (χ0n) is 15.9. The highest BCUT2D eigenvalue weighted by Crippen LogP contribution is 2.30. The Balaban J connectivity index is 1.49. The summed E-state index contributed by atoms with van der Waals surface area (Å²) in [6.45, 7) is 3.11. The number of nitrogens with zero attached hydrogens (tertiary/aromatic N) is 2. The molecule has 2 atom stereocenters. The maximum Gasteiger partial charge on any atom is 0.257 e. The van der Waals surface area contributed by atoms with Gasteiger partial charge in [-0.15, -0.1) is 0 Å². The second-order valence-electron chi connectivity index (χ2n) is 7.72. The Morgan fingerprint density at radius 1 is 1.07 bits per heavy atom. The summed E-state index contributed by atoms with van der Waals surface area (Å²) in [5, 5.41) is 0. The van der Waals surface area contributed by atoms with Gasteiger partial charge in [0.05, 0.1) is 12.7 Å². The van der Waals surface area contributed by atoms with Crippen molar-refractivity contribution >= 4 is 5.91 Å². The Kier molecular flexibility index (Phi) is 5.31. The lowest BCUT2D eigenvalue weighted by molar-refractivity contribution is 0.0580. The highest BCUT2D eigenvalue weighted by Gasteiger charge is 2.38. The molecule has 6 heteroatoms. The van der Waals surface area contributed by atoms with Crippen molar-refractivity contribution in [3.05, 3.63) is 65.2 Å². The van der Waals surface area contributed by atoms with Crippen LogP contribution in [0.25, 0.3) is 0 Å². The predicted octanol–water partition coefficient (Wildman–Crippen LogP) is 3.71. The number of fused-ring (bicyclic) bond motifs is 4. The highest BCUT2D eigenvalue weighted by atomic mass is 19.1. The smallest absolute Gasteiger partial charge is 0.257 e. The third-order valence-electron chi connectivity index (χ3n) is 5.78. The van der Waals surface area contributed by atoms with Crippen LogP contribution in [0.2, 0.25) is 0 Å². The molecule has 2 aromatic carbocycles. The van der Waals surface area contributed by atoms with E-state index in [4.69, 9.17) is 4.74 Å². The molecule has 1 amide bonds. The molecule has 0 saturated carbocycles. The molecule has 0 aliphatic carbocycles. The number of benzene rings is 2. The molecule has 28 heavy (non-hydrogen) atoms. The Hall–Kier alpha value is -2.47. The van der Waals surface area contributed by atoms with Crippen LogP contribution in [0.5, 0.6) is 5.75 Å². The van der Waals surface area contributed by atoms with E-state index in [1.54, 1.807) is 12.0 Å². The van der Waals surface area contributed by atoms with Crippen molar-refractivity contribution in [2.45, 2.75) is 25.4 Å². The van der Waals surface area contributed by atoms with Crippen LogP contribution in [0.15, 0.2) is 42.5 Å². The molecule has 5 rings (SSSR count). The van der Waals surface area contributed by atoms with Crippen molar-refractivity contribution < 1.29 is 18.3 Å². The summed E-state index contributed by atoms with van der Waals surface area (Å²) in [5.41, 5.74) is 1.15. The van der Waals surface area contributed by atoms with Crippen LogP contribution in [0.3, 0.4) is 0 Å². The van der Waals surface area contributed by atoms with Gasteiger partial charge in [-0.25, -0.2) is 8.78 Å². The normalized spacial score (nSPS) is 22.2. The van der Waals surface area contributed by atoms with E-state index in [1.807, 2.05) is 12.1 Å². The van der Waals surface area contributed by atoms with E-state index in [1.165, 1.54) is 11.6 Å². The standard InChI is InChI=1S/C22H24F2N2O2/c1-28-19-7-3-15(4-8-19)11-25-12-16-2-6-18(14-25)26(13-16)22(27)20-9-5-17(23)10-21(20)24/h3-5,7-10,16,18H,2,6,11-14H2,1H3/t16-,18+/m0/s1. The maximum atomic E-state index is 14.1. The van der Waals surface area contributed by atoms with Gasteiger partial charge in [0.2, 0.25) is 0 Å². The van der Waals surface area contributed by atoms with Gasteiger partial charge in [0.15, 0.2) is 0 Å². The lowest BCUT2D eigenvalue weighted by atomic mass is 9.94. The van der Waals surface area contributed by atoms with E-state index in [2.05, 4.69) is 17.0 Å². The topological polar surface area (TPSA) is 32.8 Å². The quantitative estimate of drug-likeness (QED) is 0.803. The fourth-order valence-electron chi connectivity index (χ4n) is 4.36. The number of methoxy groups -OCH3 is 1. The summed E-state index contributed by atoms with van der Waals surface area (Å²) in [4.78, 5) is 17.1. The van der Waals surface area contributed by atoms with Gasteiger partial charge in [0.1, 0.15) is 17.4 Å². The van der Waals surface area contributed by atoms with Gasteiger partial charge in [-0.2, -0.15) is 0 Å². The molecule has 3 saturated heterocycles. The summed E-state index contributed by atoms with van der Waals surface area (Å²) in [5.74, 6) is -0.599. The lowest BCUT2D eigenvalue weighted by Gasteiger charge is -2.36. The van der Waals surface area contributed by atoms with Crippen LogP contribution < -0.4 is 4.74 Å². The first-order valence-electron chi connectivity index (χ1n) is 9.65. The number of rotatable bonds is 4. The van der Waals surface area contributed by atoms with Gasteiger partial charge in [-0.3, -0.25) is 9.69 Å². The molecule has 3 heterocycles. The van der Waals surface area contributed by atoms with Gasteiger partial charge in [0, 0.05) is 38.3 Å². The van der Waals surface area contributed by atoms with E-state index >= 15 is 0 Å². The second kappa shape index (κ2) is 7.87. The van der Waals surface area contributed by atoms with Crippen molar-refractivity contribution in [2.75, 3.05) is 26.7 Å². The monoisotopic (exact) mass is 386 g/mol. The molecule has 2 aromatic rings. The fraction of sp³-hybridized carbons (Fsp3) is 0.409. The van der Waals surface area contributed by atoms with E-state index in [0.29, 0.717) is 12.5 Å². The number of piperidine rings is 1. The fourth-order valence-corrected chi connectivity index (χ4v) is 4.36. The first kappa shape index (κ1) is 18.9. The molecule has 0 aromatic heterocycles. The Morgan fingerprint density at radius 2 is 1.86 bits per heavy atom.